The lowest BCUT2D eigenvalue weighted by Crippen LogP contribution is -1.82. The van der Waals surface area contributed by atoms with Gasteiger partial charge in [0, 0.05) is 0 Å². The van der Waals surface area contributed by atoms with Crippen LogP contribution in [0.15, 0.2) is 47.4 Å². The van der Waals surface area contributed by atoms with Crippen molar-refractivity contribution in [2.24, 2.45) is 0 Å². The largest absolute Gasteiger partial charge is 0.398 e. The van der Waals surface area contributed by atoms with Crippen molar-refractivity contribution >= 4 is 54.5 Å². The van der Waals surface area contributed by atoms with Gasteiger partial charge in [0.05, 0.1) is 42.8 Å². The van der Waals surface area contributed by atoms with E-state index in [1.807, 2.05) is 36.4 Å². The number of rotatable bonds is 0. The molecule has 0 aliphatic carbocycles. The van der Waals surface area contributed by atoms with Gasteiger partial charge in [0.25, 0.3) is 0 Å². The van der Waals surface area contributed by atoms with Gasteiger partial charge in [-0.1, -0.05) is 12.1 Å². The van der Waals surface area contributed by atoms with Crippen molar-refractivity contribution in [2.75, 3.05) is 11.5 Å². The Morgan fingerprint density at radius 3 is 1.55 bits per heavy atom. The number of anilines is 2. The van der Waals surface area contributed by atoms with E-state index in [4.69, 9.17) is 11.5 Å². The van der Waals surface area contributed by atoms with Gasteiger partial charge in [-0.2, -0.15) is 0 Å². The standard InChI is InChI=1S/2C7H6N2S/c2*8-5-2-1-3-6-7(5)10-4-9-6/h2*1-4H,8H2. The molecule has 2 heterocycles. The highest BCUT2D eigenvalue weighted by Crippen LogP contribution is 2.23. The van der Waals surface area contributed by atoms with Crippen molar-refractivity contribution in [3.63, 3.8) is 0 Å². The first-order valence-corrected chi connectivity index (χ1v) is 7.67. The smallest absolute Gasteiger partial charge is 0.0833 e. The fourth-order valence-electron chi connectivity index (χ4n) is 1.82. The van der Waals surface area contributed by atoms with Crippen LogP contribution in [0.2, 0.25) is 0 Å². The molecule has 0 bridgehead atoms. The molecule has 2 aromatic carbocycles. The Kier molecular flexibility index (Phi) is 3.49. The first-order valence-electron chi connectivity index (χ1n) is 5.91. The third-order valence-corrected chi connectivity index (χ3v) is 4.56. The summed E-state index contributed by atoms with van der Waals surface area (Å²) in [4.78, 5) is 8.24. The van der Waals surface area contributed by atoms with Gasteiger partial charge in [-0.15, -0.1) is 22.7 Å². The van der Waals surface area contributed by atoms with E-state index < -0.39 is 0 Å². The van der Waals surface area contributed by atoms with Crippen molar-refractivity contribution in [2.45, 2.75) is 0 Å². The Bertz CT molecular complexity index is 778. The lowest BCUT2D eigenvalue weighted by atomic mass is 10.3. The molecule has 6 heteroatoms. The molecule has 0 saturated carbocycles. The molecule has 0 radical (unpaired) electrons. The second-order valence-electron chi connectivity index (χ2n) is 4.10. The lowest BCUT2D eigenvalue weighted by Gasteiger charge is -1.90. The topological polar surface area (TPSA) is 77.8 Å². The molecule has 0 unspecified atom stereocenters. The van der Waals surface area contributed by atoms with Crippen LogP contribution in [0, 0.1) is 0 Å². The van der Waals surface area contributed by atoms with Gasteiger partial charge in [0.2, 0.25) is 0 Å². The van der Waals surface area contributed by atoms with Crippen LogP contribution in [0.5, 0.6) is 0 Å². The molecular formula is C14H12N4S2. The minimum Gasteiger partial charge on any atom is -0.398 e. The minimum atomic E-state index is 0.819. The number of nitrogens with zero attached hydrogens (tertiary/aromatic N) is 2. The molecule has 20 heavy (non-hydrogen) atoms. The maximum atomic E-state index is 5.67. The minimum absolute atomic E-state index is 0.819. The predicted molar refractivity (Wildman–Crippen MR) is 88.1 cm³/mol. The second kappa shape index (κ2) is 5.44. The summed E-state index contributed by atoms with van der Waals surface area (Å²) in [7, 11) is 0. The van der Waals surface area contributed by atoms with Crippen LogP contribution in [0.4, 0.5) is 11.4 Å². The van der Waals surface area contributed by atoms with E-state index in [0.717, 1.165) is 31.8 Å². The highest BCUT2D eigenvalue weighted by molar-refractivity contribution is 7.17. The summed E-state index contributed by atoms with van der Waals surface area (Å²) in [6.45, 7) is 0. The van der Waals surface area contributed by atoms with Gasteiger partial charge >= 0.3 is 0 Å². The number of aromatic nitrogens is 2. The first-order chi connectivity index (χ1) is 9.75. The van der Waals surface area contributed by atoms with Gasteiger partial charge in [-0.3, -0.25) is 0 Å². The summed E-state index contributed by atoms with van der Waals surface area (Å²) >= 11 is 3.16. The number of nitrogen functional groups attached to an aromatic ring is 2. The maximum Gasteiger partial charge on any atom is 0.0833 e. The van der Waals surface area contributed by atoms with E-state index in [9.17, 15) is 0 Å². The number of thiazole rings is 2. The van der Waals surface area contributed by atoms with Gasteiger partial charge < -0.3 is 11.5 Å². The number of hydrogen-bond acceptors (Lipinski definition) is 6. The van der Waals surface area contributed by atoms with E-state index in [-0.39, 0.29) is 0 Å². The van der Waals surface area contributed by atoms with E-state index >= 15 is 0 Å². The van der Waals surface area contributed by atoms with Crippen LogP contribution in [-0.2, 0) is 0 Å². The zero-order valence-corrected chi connectivity index (χ0v) is 12.1. The maximum absolute atomic E-state index is 5.67. The summed E-state index contributed by atoms with van der Waals surface area (Å²) in [6, 6.07) is 11.5. The van der Waals surface area contributed by atoms with Gasteiger partial charge in [0.1, 0.15) is 0 Å². The molecule has 4 rings (SSSR count). The van der Waals surface area contributed by atoms with Crippen LogP contribution in [0.25, 0.3) is 20.4 Å². The Morgan fingerprint density at radius 2 is 1.15 bits per heavy atom. The van der Waals surface area contributed by atoms with Crippen LogP contribution < -0.4 is 11.5 Å². The Labute approximate surface area is 123 Å². The van der Waals surface area contributed by atoms with Crippen molar-refractivity contribution in [1.29, 1.82) is 0 Å². The molecule has 100 valence electrons. The molecule has 0 saturated heterocycles. The Hall–Kier alpha value is -2.18. The highest BCUT2D eigenvalue weighted by atomic mass is 32.1. The van der Waals surface area contributed by atoms with Crippen molar-refractivity contribution in [3.8, 4) is 0 Å². The Morgan fingerprint density at radius 1 is 0.700 bits per heavy atom. The third-order valence-electron chi connectivity index (χ3n) is 2.77. The number of hydrogen-bond donors (Lipinski definition) is 2. The van der Waals surface area contributed by atoms with E-state index in [1.54, 1.807) is 33.7 Å². The molecule has 0 atom stereocenters. The molecule has 0 spiro atoms. The zero-order chi connectivity index (χ0) is 13.9. The van der Waals surface area contributed by atoms with Crippen molar-refractivity contribution < 1.29 is 0 Å². The number of fused-ring (bicyclic) bond motifs is 2. The highest BCUT2D eigenvalue weighted by Gasteiger charge is 1.97. The molecule has 4 aromatic rings. The van der Waals surface area contributed by atoms with E-state index in [0.29, 0.717) is 0 Å². The van der Waals surface area contributed by atoms with Crippen molar-refractivity contribution in [3.05, 3.63) is 47.4 Å². The summed E-state index contributed by atoms with van der Waals surface area (Å²) in [5.41, 5.74) is 18.6. The fraction of sp³-hybridized carbons (Fsp3) is 0. The third kappa shape index (κ3) is 2.43. The van der Waals surface area contributed by atoms with Gasteiger partial charge in [-0.25, -0.2) is 9.97 Å². The summed E-state index contributed by atoms with van der Waals surface area (Å²) < 4.78 is 2.17. The first kappa shape index (κ1) is 12.8. The van der Waals surface area contributed by atoms with Gasteiger partial charge in [-0.05, 0) is 24.3 Å². The molecule has 4 nitrogen and oxygen atoms in total. The van der Waals surface area contributed by atoms with E-state index in [1.165, 1.54) is 0 Å². The van der Waals surface area contributed by atoms with Gasteiger partial charge in [0.15, 0.2) is 0 Å². The predicted octanol–water partition coefficient (Wildman–Crippen LogP) is 3.76. The number of nitrogens with two attached hydrogens (primary N) is 2. The SMILES string of the molecule is Nc1cccc2ncsc12.Nc1cccc2ncsc12. The summed E-state index contributed by atoms with van der Waals surface area (Å²) in [5, 5.41) is 0. The molecule has 0 aliphatic rings. The second-order valence-corrected chi connectivity index (χ2v) is 5.81. The average molecular weight is 300 g/mol. The molecule has 0 amide bonds. The average Bonchev–Trinajstić information content (AvgIpc) is 3.08. The van der Waals surface area contributed by atoms with Crippen LogP contribution in [-0.4, -0.2) is 9.97 Å². The lowest BCUT2D eigenvalue weighted by molar-refractivity contribution is 1.50. The molecule has 0 aliphatic heterocycles. The fourth-order valence-corrected chi connectivity index (χ4v) is 3.25. The summed E-state index contributed by atoms with van der Waals surface area (Å²) in [6.07, 6.45) is 0. The van der Waals surface area contributed by atoms with Crippen LogP contribution in [0.1, 0.15) is 0 Å². The Balaban J connectivity index is 0.000000121. The van der Waals surface area contributed by atoms with E-state index in [2.05, 4.69) is 9.97 Å². The summed E-state index contributed by atoms with van der Waals surface area (Å²) in [5.74, 6) is 0. The van der Waals surface area contributed by atoms with Crippen LogP contribution in [0.3, 0.4) is 0 Å². The molecular weight excluding hydrogens is 288 g/mol. The molecule has 4 N–H and O–H groups in total. The zero-order valence-electron chi connectivity index (χ0n) is 10.5. The quantitative estimate of drug-likeness (QED) is 0.485. The normalized spacial score (nSPS) is 10.4. The number of benzene rings is 2. The van der Waals surface area contributed by atoms with Crippen LogP contribution >= 0.6 is 22.7 Å². The van der Waals surface area contributed by atoms with Crippen molar-refractivity contribution in [1.82, 2.24) is 9.97 Å². The molecule has 2 aromatic heterocycles. The molecule has 0 fully saturated rings. The monoisotopic (exact) mass is 300 g/mol.